The molecule has 0 amide bonds. The molecule has 0 aliphatic carbocycles. The van der Waals surface area contributed by atoms with E-state index in [0.717, 1.165) is 135 Å². The van der Waals surface area contributed by atoms with Crippen LogP contribution in [0.4, 0.5) is 0 Å². The molecule has 0 aromatic carbocycles. The van der Waals surface area contributed by atoms with Crippen molar-refractivity contribution in [2.45, 2.75) is 239 Å². The van der Waals surface area contributed by atoms with E-state index in [1.807, 2.05) is 12.2 Å². The average molecular weight is 994 g/mol. The van der Waals surface area contributed by atoms with E-state index in [-0.39, 0.29) is 31.6 Å². The minimum Gasteiger partial charge on any atom is -0.462 e. The molecule has 1 unspecified atom stereocenters. The lowest BCUT2D eigenvalue weighted by Crippen LogP contribution is -2.30. The predicted molar refractivity (Wildman–Crippen MR) is 311 cm³/mol. The number of allylic oxidation sites excluding steroid dienone is 24. The number of unbranched alkanes of at least 4 members (excludes halogenated alkanes) is 15. The SMILES string of the molecule is CC/C=C\C/C=C\C/C=C\C/C=C\C/C=C\C/C=C\CCC(=O)OC(COC(=O)CCCCCCC/C=C\C/C=C\CCCC)COC(=O)CCCCCCCCCC/C=C\C/C=C\C/C=C\C/C=C\CC. The van der Waals surface area contributed by atoms with Crippen molar-refractivity contribution in [3.05, 3.63) is 146 Å². The van der Waals surface area contributed by atoms with Gasteiger partial charge in [-0.1, -0.05) is 237 Å². The third-order valence-electron chi connectivity index (χ3n) is 11.6. The molecule has 0 N–H and O–H groups in total. The minimum atomic E-state index is -0.835. The number of hydrogen-bond acceptors (Lipinski definition) is 6. The van der Waals surface area contributed by atoms with Crippen molar-refractivity contribution in [2.24, 2.45) is 0 Å². The fraction of sp³-hybridized carbons (Fsp3) is 0.591. The number of hydrogen-bond donors (Lipinski definition) is 0. The summed E-state index contributed by atoms with van der Waals surface area (Å²) in [6.07, 6.45) is 84.2. The van der Waals surface area contributed by atoms with Gasteiger partial charge in [-0.15, -0.1) is 0 Å². The van der Waals surface area contributed by atoms with Gasteiger partial charge in [0.1, 0.15) is 13.2 Å². The lowest BCUT2D eigenvalue weighted by Gasteiger charge is -2.18. The van der Waals surface area contributed by atoms with E-state index in [1.54, 1.807) is 0 Å². The lowest BCUT2D eigenvalue weighted by molar-refractivity contribution is -0.166. The maximum atomic E-state index is 12.8. The quantitative estimate of drug-likeness (QED) is 0.0261. The van der Waals surface area contributed by atoms with Gasteiger partial charge in [0.05, 0.1) is 0 Å². The zero-order valence-corrected chi connectivity index (χ0v) is 46.1. The van der Waals surface area contributed by atoms with Crippen LogP contribution in [-0.4, -0.2) is 37.2 Å². The van der Waals surface area contributed by atoms with E-state index >= 15 is 0 Å². The third kappa shape index (κ3) is 56.2. The van der Waals surface area contributed by atoms with E-state index in [1.165, 1.54) is 51.4 Å². The van der Waals surface area contributed by atoms with Crippen LogP contribution in [0.15, 0.2) is 146 Å². The van der Waals surface area contributed by atoms with Gasteiger partial charge in [-0.25, -0.2) is 0 Å². The normalized spacial score (nSPS) is 13.2. The van der Waals surface area contributed by atoms with Crippen LogP contribution in [0.25, 0.3) is 0 Å². The van der Waals surface area contributed by atoms with Crippen molar-refractivity contribution < 1.29 is 28.6 Å². The Balaban J connectivity index is 4.54. The number of ether oxygens (including phenoxy) is 3. The summed E-state index contributed by atoms with van der Waals surface area (Å²) in [7, 11) is 0. The molecule has 0 radical (unpaired) electrons. The number of rotatable bonds is 50. The lowest BCUT2D eigenvalue weighted by atomic mass is 10.1. The van der Waals surface area contributed by atoms with Gasteiger partial charge in [-0.3, -0.25) is 14.4 Å². The second-order valence-electron chi connectivity index (χ2n) is 18.4. The van der Waals surface area contributed by atoms with Crippen molar-refractivity contribution in [1.29, 1.82) is 0 Å². The molecule has 0 bridgehead atoms. The van der Waals surface area contributed by atoms with E-state index in [2.05, 4.69) is 154 Å². The number of carbonyl (C=O) groups is 3. The second-order valence-corrected chi connectivity index (χ2v) is 18.4. The Morgan fingerprint density at radius 1 is 0.292 bits per heavy atom. The van der Waals surface area contributed by atoms with Crippen molar-refractivity contribution in [3.63, 3.8) is 0 Å². The Morgan fingerprint density at radius 2 is 0.569 bits per heavy atom. The molecule has 0 rings (SSSR count). The van der Waals surface area contributed by atoms with Crippen LogP contribution < -0.4 is 0 Å². The van der Waals surface area contributed by atoms with E-state index in [0.29, 0.717) is 19.3 Å². The van der Waals surface area contributed by atoms with Crippen molar-refractivity contribution in [2.75, 3.05) is 13.2 Å². The largest absolute Gasteiger partial charge is 0.462 e. The molecular weight excluding hydrogens is 889 g/mol. The Hall–Kier alpha value is -4.71. The van der Waals surface area contributed by atoms with Gasteiger partial charge in [0.25, 0.3) is 0 Å². The van der Waals surface area contributed by atoms with Gasteiger partial charge in [-0.05, 0) is 122 Å². The summed E-state index contributed by atoms with van der Waals surface area (Å²) in [5, 5.41) is 0. The highest BCUT2D eigenvalue weighted by molar-refractivity contribution is 5.71. The maximum Gasteiger partial charge on any atom is 0.306 e. The molecular formula is C66H104O6. The van der Waals surface area contributed by atoms with Gasteiger partial charge >= 0.3 is 17.9 Å². The van der Waals surface area contributed by atoms with Gasteiger partial charge in [0.2, 0.25) is 0 Å². The third-order valence-corrected chi connectivity index (χ3v) is 11.6. The van der Waals surface area contributed by atoms with Crippen LogP contribution in [-0.2, 0) is 28.6 Å². The fourth-order valence-corrected chi connectivity index (χ4v) is 7.30. The average Bonchev–Trinajstić information content (AvgIpc) is 3.38. The standard InChI is InChI=1S/C66H104O6/c1-4-7-10-13-16-19-22-25-28-30-32-33-35-36-38-41-44-47-50-53-56-59-65(68)71-62-63(61-70-64(67)58-55-52-49-46-43-40-27-24-21-18-15-12-9-6-3)72-66(69)60-57-54-51-48-45-42-39-37-34-31-29-26-23-20-17-14-11-8-5-2/h7-8,10-11,15-20,24-29,32-34,37,42,45,51,54,63H,4-6,9,12-14,21-23,30-31,35-36,38-41,43-44,46-50,52-53,55-62H2,1-3H3/b10-7-,11-8-,18-15-,19-16-,20-17-,27-24-,28-25-,29-26-,33-32-,37-34-,45-42-,54-51-. The molecule has 0 aliphatic rings. The summed E-state index contributed by atoms with van der Waals surface area (Å²) in [5.74, 6) is -1.04. The van der Waals surface area contributed by atoms with Crippen LogP contribution in [0.5, 0.6) is 0 Å². The Kier molecular flexibility index (Phi) is 55.0. The fourth-order valence-electron chi connectivity index (χ4n) is 7.30. The Labute approximate surface area is 442 Å². The van der Waals surface area contributed by atoms with Gasteiger partial charge in [-0.2, -0.15) is 0 Å². The molecule has 0 spiro atoms. The second kappa shape index (κ2) is 58.9. The minimum absolute atomic E-state index is 0.123. The Morgan fingerprint density at radius 3 is 0.903 bits per heavy atom. The predicted octanol–water partition coefficient (Wildman–Crippen LogP) is 19.6. The topological polar surface area (TPSA) is 78.9 Å². The zero-order valence-electron chi connectivity index (χ0n) is 46.1. The number of esters is 3. The van der Waals surface area contributed by atoms with E-state index < -0.39 is 12.1 Å². The first kappa shape index (κ1) is 67.3. The zero-order chi connectivity index (χ0) is 52.2. The molecule has 6 heteroatoms. The van der Waals surface area contributed by atoms with E-state index in [9.17, 15) is 14.4 Å². The molecule has 404 valence electrons. The summed E-state index contributed by atoms with van der Waals surface area (Å²) in [6, 6.07) is 0. The van der Waals surface area contributed by atoms with Gasteiger partial charge in [0.15, 0.2) is 6.10 Å². The summed E-state index contributed by atoms with van der Waals surface area (Å²) < 4.78 is 16.8. The summed E-state index contributed by atoms with van der Waals surface area (Å²) in [4.78, 5) is 38.2. The molecule has 72 heavy (non-hydrogen) atoms. The van der Waals surface area contributed by atoms with Crippen LogP contribution >= 0.6 is 0 Å². The molecule has 0 saturated carbocycles. The monoisotopic (exact) mass is 993 g/mol. The highest BCUT2D eigenvalue weighted by atomic mass is 16.6. The molecule has 0 saturated heterocycles. The first-order valence-corrected chi connectivity index (χ1v) is 28.8. The molecule has 0 aromatic rings. The van der Waals surface area contributed by atoms with Crippen molar-refractivity contribution in [3.8, 4) is 0 Å². The Bertz CT molecular complexity index is 1610. The molecule has 0 aromatic heterocycles. The van der Waals surface area contributed by atoms with Crippen LogP contribution in [0.1, 0.15) is 233 Å². The molecule has 0 aliphatic heterocycles. The molecule has 1 atom stereocenters. The smallest absolute Gasteiger partial charge is 0.306 e. The van der Waals surface area contributed by atoms with Crippen LogP contribution in [0.3, 0.4) is 0 Å². The maximum absolute atomic E-state index is 12.8. The summed E-state index contributed by atoms with van der Waals surface area (Å²) in [6.45, 7) is 6.28. The molecule has 0 fully saturated rings. The van der Waals surface area contributed by atoms with Crippen molar-refractivity contribution in [1.82, 2.24) is 0 Å². The molecule has 0 heterocycles. The summed E-state index contributed by atoms with van der Waals surface area (Å²) >= 11 is 0. The molecule has 6 nitrogen and oxygen atoms in total. The van der Waals surface area contributed by atoms with Crippen LogP contribution in [0.2, 0.25) is 0 Å². The first-order chi connectivity index (χ1) is 35.5. The first-order valence-electron chi connectivity index (χ1n) is 28.8. The van der Waals surface area contributed by atoms with Gasteiger partial charge in [0, 0.05) is 19.3 Å². The number of carbonyl (C=O) groups excluding carboxylic acids is 3. The highest BCUT2D eigenvalue weighted by Gasteiger charge is 2.19. The van der Waals surface area contributed by atoms with Gasteiger partial charge < -0.3 is 14.2 Å². The van der Waals surface area contributed by atoms with Crippen LogP contribution in [0, 0.1) is 0 Å². The summed E-state index contributed by atoms with van der Waals surface area (Å²) in [5.41, 5.74) is 0. The van der Waals surface area contributed by atoms with E-state index in [4.69, 9.17) is 14.2 Å². The van der Waals surface area contributed by atoms with Crippen molar-refractivity contribution >= 4 is 17.9 Å². The highest BCUT2D eigenvalue weighted by Crippen LogP contribution is 2.13.